The number of carbonyl (C=O) groups excluding carboxylic acids is 3. The van der Waals surface area contributed by atoms with Crippen LogP contribution in [0.15, 0.2) is 121 Å². The van der Waals surface area contributed by atoms with E-state index in [2.05, 4.69) is 0 Å². The molecule has 0 saturated heterocycles. The Kier molecular flexibility index (Phi) is 7.17. The van der Waals surface area contributed by atoms with Crippen molar-refractivity contribution >= 4 is 17.7 Å². The van der Waals surface area contributed by atoms with E-state index < -0.39 is 29.4 Å². The Morgan fingerprint density at radius 1 is 0.629 bits per heavy atom. The molecule has 0 unspecified atom stereocenters. The highest BCUT2D eigenvalue weighted by Gasteiger charge is 2.48. The minimum absolute atomic E-state index is 0.372. The van der Waals surface area contributed by atoms with Gasteiger partial charge in [0.25, 0.3) is 0 Å². The Bertz CT molecular complexity index is 1250. The van der Waals surface area contributed by atoms with Crippen LogP contribution in [0.5, 0.6) is 0 Å². The Labute approximate surface area is 204 Å². The molecule has 0 radical (unpaired) electrons. The van der Waals surface area contributed by atoms with Crippen molar-refractivity contribution in [3.8, 4) is 0 Å². The van der Waals surface area contributed by atoms with Crippen molar-refractivity contribution in [3.05, 3.63) is 144 Å². The summed E-state index contributed by atoms with van der Waals surface area (Å²) in [5, 5.41) is 0. The second kappa shape index (κ2) is 10.6. The molecular weight excluding hydrogens is 440 g/mol. The molecule has 4 rings (SSSR count). The zero-order chi connectivity index (χ0) is 24.7. The minimum Gasteiger partial charge on any atom is -0.446 e. The Morgan fingerprint density at radius 3 is 1.51 bits per heavy atom. The number of benzene rings is 4. The molecule has 0 fully saturated rings. The Hall–Kier alpha value is -4.51. The van der Waals surface area contributed by atoms with Gasteiger partial charge in [-0.15, -0.1) is 0 Å². The van der Waals surface area contributed by atoms with Gasteiger partial charge in [-0.3, -0.25) is 9.59 Å². The van der Waals surface area contributed by atoms with Gasteiger partial charge in [0.2, 0.25) is 17.5 Å². The zero-order valence-electron chi connectivity index (χ0n) is 19.2. The van der Waals surface area contributed by atoms with Gasteiger partial charge >= 0.3 is 11.9 Å². The van der Waals surface area contributed by atoms with E-state index >= 15 is 0 Å². The number of hydrogen-bond acceptors (Lipinski definition) is 5. The second-order valence-corrected chi connectivity index (χ2v) is 7.93. The van der Waals surface area contributed by atoms with E-state index in [0.717, 1.165) is 0 Å². The molecule has 4 aromatic carbocycles. The molecule has 0 amide bonds. The van der Waals surface area contributed by atoms with E-state index in [4.69, 9.17) is 9.47 Å². The number of hydrogen-bond donors (Lipinski definition) is 0. The van der Waals surface area contributed by atoms with Gasteiger partial charge in [0.1, 0.15) is 0 Å². The van der Waals surface area contributed by atoms with Crippen LogP contribution in [-0.2, 0) is 24.7 Å². The topological polar surface area (TPSA) is 69.7 Å². The predicted molar refractivity (Wildman–Crippen MR) is 131 cm³/mol. The van der Waals surface area contributed by atoms with Crippen LogP contribution in [0.4, 0.5) is 0 Å². The van der Waals surface area contributed by atoms with E-state index in [1.807, 2.05) is 18.2 Å². The largest absolute Gasteiger partial charge is 0.446 e. The number of rotatable bonds is 8. The fourth-order valence-electron chi connectivity index (χ4n) is 3.98. The molecule has 0 aliphatic rings. The first-order valence-electron chi connectivity index (χ1n) is 11.2. The molecule has 0 bridgehead atoms. The first-order valence-corrected chi connectivity index (χ1v) is 11.2. The molecule has 4 aromatic rings. The third-order valence-corrected chi connectivity index (χ3v) is 5.57. The number of carbonyl (C=O) groups is 3. The van der Waals surface area contributed by atoms with E-state index in [-0.39, 0.29) is 0 Å². The molecule has 174 valence electrons. The molecule has 0 N–H and O–H groups in total. The molecule has 0 aliphatic heterocycles. The normalized spacial score (nSPS) is 11.8. The molecule has 35 heavy (non-hydrogen) atoms. The van der Waals surface area contributed by atoms with Crippen LogP contribution in [0.2, 0.25) is 0 Å². The van der Waals surface area contributed by atoms with Crippen molar-refractivity contribution in [1.29, 1.82) is 0 Å². The smallest absolute Gasteiger partial charge is 0.353 e. The van der Waals surface area contributed by atoms with Crippen LogP contribution < -0.4 is 0 Å². The van der Waals surface area contributed by atoms with Crippen molar-refractivity contribution in [2.75, 3.05) is 0 Å². The maximum Gasteiger partial charge on any atom is 0.353 e. The van der Waals surface area contributed by atoms with Crippen LogP contribution in [0, 0.1) is 0 Å². The summed E-state index contributed by atoms with van der Waals surface area (Å²) in [6.45, 7) is 1.22. The van der Waals surface area contributed by atoms with Gasteiger partial charge in [0.15, 0.2) is 0 Å². The van der Waals surface area contributed by atoms with Crippen molar-refractivity contribution in [3.63, 3.8) is 0 Å². The van der Waals surface area contributed by atoms with E-state index in [1.165, 1.54) is 6.92 Å². The van der Waals surface area contributed by atoms with E-state index in [9.17, 15) is 14.4 Å². The lowest BCUT2D eigenvalue weighted by atomic mass is 9.79. The summed E-state index contributed by atoms with van der Waals surface area (Å²) in [5.74, 6) is -1.92. The Balaban J connectivity index is 1.90. The van der Waals surface area contributed by atoms with Crippen LogP contribution in [-0.4, -0.2) is 17.7 Å². The monoisotopic (exact) mass is 464 g/mol. The highest BCUT2D eigenvalue weighted by Crippen LogP contribution is 2.39. The molecule has 0 heterocycles. The van der Waals surface area contributed by atoms with Gasteiger partial charge in [-0.1, -0.05) is 121 Å². The fraction of sp³-hybridized carbons (Fsp3) is 0.100. The molecule has 5 heteroatoms. The van der Waals surface area contributed by atoms with Crippen molar-refractivity contribution in [1.82, 2.24) is 0 Å². The van der Waals surface area contributed by atoms with Crippen LogP contribution >= 0.6 is 0 Å². The van der Waals surface area contributed by atoms with Crippen LogP contribution in [0.25, 0.3) is 0 Å². The molecule has 0 saturated carbocycles. The SMILES string of the molecule is CC(=O)O[C@@H](C(=O)OC(C(=O)c1ccccc1)(c1ccccc1)c1ccccc1)c1ccccc1. The zero-order valence-corrected chi connectivity index (χ0v) is 19.2. The van der Waals surface area contributed by atoms with Crippen LogP contribution in [0.1, 0.15) is 40.1 Å². The van der Waals surface area contributed by atoms with Crippen molar-refractivity contribution in [2.24, 2.45) is 0 Å². The van der Waals surface area contributed by atoms with Gasteiger partial charge in [-0.25, -0.2) is 4.79 Å². The summed E-state index contributed by atoms with van der Waals surface area (Å²) < 4.78 is 11.6. The second-order valence-electron chi connectivity index (χ2n) is 7.93. The Morgan fingerprint density at radius 2 is 1.06 bits per heavy atom. The van der Waals surface area contributed by atoms with Gasteiger partial charge in [-0.2, -0.15) is 0 Å². The van der Waals surface area contributed by atoms with Gasteiger partial charge in [-0.05, 0) is 0 Å². The summed E-state index contributed by atoms with van der Waals surface area (Å²) in [4.78, 5) is 39.8. The summed E-state index contributed by atoms with van der Waals surface area (Å²) in [7, 11) is 0. The number of ketones is 1. The molecule has 0 spiro atoms. The molecule has 1 atom stereocenters. The first-order chi connectivity index (χ1) is 17.0. The van der Waals surface area contributed by atoms with Gasteiger partial charge in [0, 0.05) is 29.2 Å². The fourth-order valence-corrected chi connectivity index (χ4v) is 3.98. The highest BCUT2D eigenvalue weighted by atomic mass is 16.6. The average molecular weight is 465 g/mol. The number of Topliss-reactive ketones (excluding diaryl/α,β-unsaturated/α-hetero) is 1. The number of esters is 2. The maximum absolute atomic E-state index is 14.2. The summed E-state index contributed by atoms with van der Waals surface area (Å²) in [6, 6.07) is 35.0. The standard InChI is InChI=1S/C30H24O5/c1-22(31)34-27(23-14-6-2-7-15-23)29(33)35-30(25-18-10-4-11-19-25,26-20-12-5-13-21-26)28(32)24-16-8-3-9-17-24/h2-21,27H,1H3/t27-/m1/s1. The molecular formula is C30H24O5. The summed E-state index contributed by atoms with van der Waals surface area (Å²) in [5.41, 5.74) is -0.0496. The molecule has 0 aromatic heterocycles. The first kappa shape index (κ1) is 23.6. The molecule has 0 aliphatic carbocycles. The van der Waals surface area contributed by atoms with Crippen molar-refractivity contribution in [2.45, 2.75) is 18.6 Å². The average Bonchev–Trinajstić information content (AvgIpc) is 2.92. The van der Waals surface area contributed by atoms with Gasteiger partial charge < -0.3 is 9.47 Å². The van der Waals surface area contributed by atoms with Gasteiger partial charge in [0.05, 0.1) is 0 Å². The third-order valence-electron chi connectivity index (χ3n) is 5.57. The summed E-state index contributed by atoms with van der Waals surface area (Å²) >= 11 is 0. The lowest BCUT2D eigenvalue weighted by Gasteiger charge is -2.34. The lowest BCUT2D eigenvalue weighted by Crippen LogP contribution is -2.43. The molecule has 5 nitrogen and oxygen atoms in total. The van der Waals surface area contributed by atoms with E-state index in [1.54, 1.807) is 103 Å². The lowest BCUT2D eigenvalue weighted by molar-refractivity contribution is -0.174. The van der Waals surface area contributed by atoms with E-state index in [0.29, 0.717) is 22.3 Å². The maximum atomic E-state index is 14.2. The number of ether oxygens (including phenoxy) is 2. The third kappa shape index (κ3) is 5.04. The predicted octanol–water partition coefficient (Wildman–Crippen LogP) is 5.66. The van der Waals surface area contributed by atoms with Crippen LogP contribution in [0.3, 0.4) is 0 Å². The summed E-state index contributed by atoms with van der Waals surface area (Å²) in [6.07, 6.45) is -1.34. The van der Waals surface area contributed by atoms with Crippen molar-refractivity contribution < 1.29 is 23.9 Å². The minimum atomic E-state index is -1.81. The highest BCUT2D eigenvalue weighted by molar-refractivity contribution is 6.06. The quantitative estimate of drug-likeness (QED) is 0.249.